The molecule has 0 amide bonds. The lowest BCUT2D eigenvalue weighted by molar-refractivity contribution is 0.243. The fourth-order valence-electron chi connectivity index (χ4n) is 3.58. The van der Waals surface area contributed by atoms with Crippen LogP contribution in [0, 0.1) is 0 Å². The second-order valence-electron chi connectivity index (χ2n) is 6.20. The van der Waals surface area contributed by atoms with Gasteiger partial charge in [-0.1, -0.05) is 54.6 Å². The average Bonchev–Trinajstić information content (AvgIpc) is 2.62. The van der Waals surface area contributed by atoms with E-state index < -0.39 is 0 Å². The number of rotatable bonds is 3. The van der Waals surface area contributed by atoms with Crippen LogP contribution in [0.15, 0.2) is 60.7 Å². The molecule has 0 bridgehead atoms. The molecule has 4 rings (SSSR count). The van der Waals surface area contributed by atoms with Crippen molar-refractivity contribution >= 4 is 10.8 Å². The number of nitrogens with zero attached hydrogens (tertiary/aromatic N) is 1. The zero-order chi connectivity index (χ0) is 15.6. The van der Waals surface area contributed by atoms with Crippen LogP contribution in [0.25, 0.3) is 10.8 Å². The molecule has 1 aliphatic heterocycles. The van der Waals surface area contributed by atoms with Gasteiger partial charge in [0.15, 0.2) is 0 Å². The zero-order valence-corrected chi connectivity index (χ0v) is 13.5. The van der Waals surface area contributed by atoms with Gasteiger partial charge in [0, 0.05) is 25.2 Å². The van der Waals surface area contributed by atoms with Gasteiger partial charge in [0.05, 0.1) is 7.11 Å². The van der Waals surface area contributed by atoms with Gasteiger partial charge in [-0.2, -0.15) is 0 Å². The van der Waals surface area contributed by atoms with Crippen molar-refractivity contribution in [2.75, 3.05) is 13.7 Å². The Morgan fingerprint density at radius 3 is 2.57 bits per heavy atom. The van der Waals surface area contributed by atoms with Crippen LogP contribution in [-0.4, -0.2) is 18.6 Å². The van der Waals surface area contributed by atoms with Crippen molar-refractivity contribution in [2.24, 2.45) is 0 Å². The second kappa shape index (κ2) is 6.05. The number of ether oxygens (including phenoxy) is 1. The molecular weight excluding hydrogens is 282 g/mol. The minimum atomic E-state index is 0.929. The molecule has 2 nitrogen and oxygen atoms in total. The largest absolute Gasteiger partial charge is 0.496 e. The molecule has 0 atom stereocenters. The van der Waals surface area contributed by atoms with Crippen molar-refractivity contribution in [3.05, 3.63) is 77.4 Å². The van der Waals surface area contributed by atoms with E-state index in [2.05, 4.69) is 65.6 Å². The normalized spacial score (nSPS) is 14.7. The van der Waals surface area contributed by atoms with Gasteiger partial charge in [-0.25, -0.2) is 0 Å². The van der Waals surface area contributed by atoms with E-state index in [9.17, 15) is 0 Å². The van der Waals surface area contributed by atoms with Crippen LogP contribution in [-0.2, 0) is 19.5 Å². The van der Waals surface area contributed by atoms with Gasteiger partial charge >= 0.3 is 0 Å². The Morgan fingerprint density at radius 2 is 1.70 bits per heavy atom. The first-order chi connectivity index (χ1) is 11.3. The monoisotopic (exact) mass is 303 g/mol. The molecule has 0 aromatic heterocycles. The minimum absolute atomic E-state index is 0.929. The van der Waals surface area contributed by atoms with Gasteiger partial charge < -0.3 is 4.74 Å². The van der Waals surface area contributed by atoms with E-state index in [1.54, 1.807) is 7.11 Å². The van der Waals surface area contributed by atoms with E-state index in [4.69, 9.17) is 4.74 Å². The van der Waals surface area contributed by atoms with E-state index in [-0.39, 0.29) is 0 Å². The molecule has 0 aliphatic carbocycles. The van der Waals surface area contributed by atoms with Crippen LogP contribution in [0.4, 0.5) is 0 Å². The highest BCUT2D eigenvalue weighted by Crippen LogP contribution is 2.30. The predicted molar refractivity (Wildman–Crippen MR) is 94.8 cm³/mol. The minimum Gasteiger partial charge on any atom is -0.496 e. The summed E-state index contributed by atoms with van der Waals surface area (Å²) in [7, 11) is 1.76. The fraction of sp³-hybridized carbons (Fsp3) is 0.238. The van der Waals surface area contributed by atoms with E-state index >= 15 is 0 Å². The van der Waals surface area contributed by atoms with Crippen molar-refractivity contribution in [1.29, 1.82) is 0 Å². The molecule has 0 N–H and O–H groups in total. The molecule has 0 saturated heterocycles. The quantitative estimate of drug-likeness (QED) is 0.711. The summed E-state index contributed by atoms with van der Waals surface area (Å²) >= 11 is 0. The zero-order valence-electron chi connectivity index (χ0n) is 13.5. The molecular formula is C21H21NO. The summed E-state index contributed by atoms with van der Waals surface area (Å²) in [6.45, 7) is 3.05. The van der Waals surface area contributed by atoms with Gasteiger partial charge in [-0.15, -0.1) is 0 Å². The number of hydrogen-bond donors (Lipinski definition) is 0. The average molecular weight is 303 g/mol. The molecule has 3 aromatic carbocycles. The molecule has 1 heterocycles. The van der Waals surface area contributed by atoms with Gasteiger partial charge in [0.1, 0.15) is 5.75 Å². The van der Waals surface area contributed by atoms with E-state index in [1.165, 1.54) is 27.5 Å². The number of fused-ring (bicyclic) bond motifs is 2. The maximum atomic E-state index is 5.64. The van der Waals surface area contributed by atoms with Crippen molar-refractivity contribution in [3.8, 4) is 5.75 Å². The van der Waals surface area contributed by atoms with Gasteiger partial charge in [0.2, 0.25) is 0 Å². The molecule has 0 unspecified atom stereocenters. The Balaban J connectivity index is 1.68. The van der Waals surface area contributed by atoms with Crippen LogP contribution in [0.2, 0.25) is 0 Å². The van der Waals surface area contributed by atoms with Gasteiger partial charge in [-0.3, -0.25) is 4.90 Å². The van der Waals surface area contributed by atoms with Gasteiger partial charge in [-0.05, 0) is 34.4 Å². The SMILES string of the molecule is COc1ccc2ccccc2c1CN1CCc2ccccc2C1. The standard InChI is InChI=1S/C21H21NO/c1-23-21-11-10-17-7-4-5-9-19(17)20(21)15-22-13-12-16-6-2-3-8-18(16)14-22/h2-11H,12-15H2,1H3. The van der Waals surface area contributed by atoms with Crippen LogP contribution in [0.3, 0.4) is 0 Å². The molecule has 2 heteroatoms. The highest BCUT2D eigenvalue weighted by atomic mass is 16.5. The third-order valence-electron chi connectivity index (χ3n) is 4.81. The van der Waals surface area contributed by atoms with Crippen LogP contribution < -0.4 is 4.74 Å². The summed E-state index contributed by atoms with van der Waals surface area (Å²) in [5.41, 5.74) is 4.25. The lowest BCUT2D eigenvalue weighted by Gasteiger charge is -2.29. The number of hydrogen-bond acceptors (Lipinski definition) is 2. The molecule has 1 aliphatic rings. The lowest BCUT2D eigenvalue weighted by atomic mass is 9.98. The Hall–Kier alpha value is -2.32. The summed E-state index contributed by atoms with van der Waals surface area (Å²) in [5.74, 6) is 0.988. The van der Waals surface area contributed by atoms with Crippen LogP contribution in [0.5, 0.6) is 5.75 Å². The summed E-state index contributed by atoms with van der Waals surface area (Å²) in [5, 5.41) is 2.58. The molecule has 0 saturated carbocycles. The molecule has 23 heavy (non-hydrogen) atoms. The Morgan fingerprint density at radius 1 is 0.913 bits per heavy atom. The lowest BCUT2D eigenvalue weighted by Crippen LogP contribution is -2.30. The highest BCUT2D eigenvalue weighted by molar-refractivity contribution is 5.87. The topological polar surface area (TPSA) is 12.5 Å². The highest BCUT2D eigenvalue weighted by Gasteiger charge is 2.18. The van der Waals surface area contributed by atoms with E-state index in [0.717, 1.165) is 31.8 Å². The second-order valence-corrected chi connectivity index (χ2v) is 6.20. The van der Waals surface area contributed by atoms with Crippen molar-refractivity contribution in [2.45, 2.75) is 19.5 Å². The molecule has 3 aromatic rings. The maximum absolute atomic E-state index is 5.64. The van der Waals surface area contributed by atoms with Crippen LogP contribution >= 0.6 is 0 Å². The Kier molecular flexibility index (Phi) is 3.76. The first-order valence-electron chi connectivity index (χ1n) is 8.19. The number of benzene rings is 3. The summed E-state index contributed by atoms with van der Waals surface area (Å²) < 4.78 is 5.64. The summed E-state index contributed by atoms with van der Waals surface area (Å²) in [6.07, 6.45) is 1.13. The molecule has 0 spiro atoms. The molecule has 0 fully saturated rings. The maximum Gasteiger partial charge on any atom is 0.123 e. The van der Waals surface area contributed by atoms with E-state index in [0.29, 0.717) is 0 Å². The smallest absolute Gasteiger partial charge is 0.123 e. The third kappa shape index (κ3) is 2.71. The first-order valence-corrected chi connectivity index (χ1v) is 8.19. The third-order valence-corrected chi connectivity index (χ3v) is 4.81. The molecule has 0 radical (unpaired) electrons. The summed E-state index contributed by atoms with van der Waals surface area (Å²) in [4.78, 5) is 2.52. The predicted octanol–water partition coefficient (Wildman–Crippen LogP) is 4.41. The van der Waals surface area contributed by atoms with Crippen LogP contribution in [0.1, 0.15) is 16.7 Å². The van der Waals surface area contributed by atoms with Crippen molar-refractivity contribution < 1.29 is 4.74 Å². The van der Waals surface area contributed by atoms with Crippen molar-refractivity contribution in [1.82, 2.24) is 4.90 Å². The first kappa shape index (κ1) is 14.3. The Bertz CT molecular complexity index is 840. The summed E-state index contributed by atoms with van der Waals surface area (Å²) in [6, 6.07) is 21.6. The molecule has 116 valence electrons. The number of methoxy groups -OCH3 is 1. The van der Waals surface area contributed by atoms with Gasteiger partial charge in [0.25, 0.3) is 0 Å². The van der Waals surface area contributed by atoms with E-state index in [1.807, 2.05) is 0 Å². The Labute approximate surface area is 137 Å². The van der Waals surface area contributed by atoms with Crippen molar-refractivity contribution in [3.63, 3.8) is 0 Å². The fourth-order valence-corrected chi connectivity index (χ4v) is 3.58.